The molecule has 0 saturated carbocycles. The summed E-state index contributed by atoms with van der Waals surface area (Å²) in [6.07, 6.45) is -7.24. The molecule has 196 valence electrons. The SMILES string of the molecule is CO[C@](C(=O)O[C@H](C)[C@@](C)(NC(=O)OCc1ccccc1)c1ccccc1)(c1ccccc1)C(F)(F)F. The second-order valence-corrected chi connectivity index (χ2v) is 8.55. The van der Waals surface area contributed by atoms with Crippen LogP contribution in [0.1, 0.15) is 30.5 Å². The van der Waals surface area contributed by atoms with Crippen molar-refractivity contribution in [3.63, 3.8) is 0 Å². The third-order valence-electron chi connectivity index (χ3n) is 6.22. The van der Waals surface area contributed by atoms with Crippen molar-refractivity contribution >= 4 is 12.1 Å². The number of methoxy groups -OCH3 is 1. The zero-order chi connectivity index (χ0) is 27.1. The smallest absolute Gasteiger partial charge is 0.432 e. The highest BCUT2D eigenvalue weighted by Gasteiger charge is 2.64. The number of esters is 1. The Kier molecular flexibility index (Phi) is 8.60. The molecule has 0 heterocycles. The number of hydrogen-bond acceptors (Lipinski definition) is 5. The van der Waals surface area contributed by atoms with Gasteiger partial charge in [-0.05, 0) is 25.0 Å². The zero-order valence-electron chi connectivity index (χ0n) is 20.6. The van der Waals surface area contributed by atoms with Crippen LogP contribution in [0, 0.1) is 0 Å². The highest BCUT2D eigenvalue weighted by Crippen LogP contribution is 2.44. The van der Waals surface area contributed by atoms with Crippen LogP contribution in [0.2, 0.25) is 0 Å². The van der Waals surface area contributed by atoms with Crippen molar-refractivity contribution in [2.24, 2.45) is 0 Å². The van der Waals surface area contributed by atoms with Crippen molar-refractivity contribution in [2.75, 3.05) is 7.11 Å². The van der Waals surface area contributed by atoms with Gasteiger partial charge in [0.2, 0.25) is 0 Å². The van der Waals surface area contributed by atoms with E-state index in [4.69, 9.17) is 14.2 Å². The Morgan fingerprint density at radius 1 is 0.838 bits per heavy atom. The molecule has 0 aliphatic heterocycles. The lowest BCUT2D eigenvalue weighted by atomic mass is 9.86. The largest absolute Gasteiger partial charge is 0.457 e. The quantitative estimate of drug-likeness (QED) is 0.361. The summed E-state index contributed by atoms with van der Waals surface area (Å²) in [7, 11) is 0.794. The van der Waals surface area contributed by atoms with E-state index in [0.717, 1.165) is 24.8 Å². The summed E-state index contributed by atoms with van der Waals surface area (Å²) in [6, 6.07) is 23.9. The number of alkyl halides is 3. The summed E-state index contributed by atoms with van der Waals surface area (Å²) in [5, 5.41) is 2.67. The van der Waals surface area contributed by atoms with Crippen molar-refractivity contribution in [1.29, 1.82) is 0 Å². The van der Waals surface area contributed by atoms with Crippen LogP contribution in [-0.4, -0.2) is 31.5 Å². The Hall–Kier alpha value is -3.85. The van der Waals surface area contributed by atoms with E-state index in [-0.39, 0.29) is 6.61 Å². The van der Waals surface area contributed by atoms with Crippen LogP contribution < -0.4 is 5.32 Å². The molecule has 0 radical (unpaired) electrons. The Morgan fingerprint density at radius 3 is 1.81 bits per heavy atom. The second kappa shape index (κ2) is 11.5. The second-order valence-electron chi connectivity index (χ2n) is 8.55. The van der Waals surface area contributed by atoms with E-state index in [1.807, 2.05) is 6.07 Å². The van der Waals surface area contributed by atoms with Gasteiger partial charge in [0, 0.05) is 12.7 Å². The first-order chi connectivity index (χ1) is 17.5. The first kappa shape index (κ1) is 27.7. The molecule has 3 atom stereocenters. The number of alkyl carbamates (subject to hydrolysis) is 1. The lowest BCUT2D eigenvalue weighted by Gasteiger charge is -2.39. The number of benzene rings is 3. The molecule has 1 N–H and O–H groups in total. The summed E-state index contributed by atoms with van der Waals surface area (Å²) < 4.78 is 58.6. The predicted molar refractivity (Wildman–Crippen MR) is 130 cm³/mol. The number of nitrogens with one attached hydrogen (secondary N) is 1. The molecular weight excluding hydrogens is 487 g/mol. The lowest BCUT2D eigenvalue weighted by Crippen LogP contribution is -2.57. The maximum atomic E-state index is 14.3. The minimum absolute atomic E-state index is 0.0272. The molecule has 0 aromatic heterocycles. The van der Waals surface area contributed by atoms with Gasteiger partial charge in [0.1, 0.15) is 18.2 Å². The van der Waals surface area contributed by atoms with Gasteiger partial charge in [-0.25, -0.2) is 9.59 Å². The van der Waals surface area contributed by atoms with E-state index in [9.17, 15) is 22.8 Å². The number of rotatable bonds is 9. The van der Waals surface area contributed by atoms with E-state index in [1.54, 1.807) is 54.6 Å². The third kappa shape index (κ3) is 5.94. The van der Waals surface area contributed by atoms with Crippen molar-refractivity contribution in [2.45, 2.75) is 43.9 Å². The normalized spacial score (nSPS) is 15.5. The van der Waals surface area contributed by atoms with Crippen LogP contribution in [0.15, 0.2) is 91.0 Å². The van der Waals surface area contributed by atoms with Crippen LogP contribution in [0.5, 0.6) is 0 Å². The number of carbonyl (C=O) groups excluding carboxylic acids is 2. The maximum Gasteiger partial charge on any atom is 0.432 e. The maximum absolute atomic E-state index is 14.3. The van der Waals surface area contributed by atoms with Crippen LogP contribution in [0.3, 0.4) is 0 Å². The standard InChI is InChI=1S/C28H28F3NO5/c1-20(37-24(33)27(35-3,28(29,30)31)23-17-11-6-12-18-23)26(2,22-15-9-5-10-16-22)32-25(34)36-19-21-13-7-4-8-14-21/h4-18,20H,19H2,1-3H3,(H,32,34)/t20-,26-,27+/m1/s1. The first-order valence-electron chi connectivity index (χ1n) is 11.5. The van der Waals surface area contributed by atoms with E-state index >= 15 is 0 Å². The van der Waals surface area contributed by atoms with Gasteiger partial charge in [-0.15, -0.1) is 0 Å². The van der Waals surface area contributed by atoms with Gasteiger partial charge >= 0.3 is 18.2 Å². The summed E-state index contributed by atoms with van der Waals surface area (Å²) in [4.78, 5) is 26.0. The van der Waals surface area contributed by atoms with Gasteiger partial charge in [0.15, 0.2) is 0 Å². The molecule has 0 aliphatic rings. The number of amides is 1. The summed E-state index contributed by atoms with van der Waals surface area (Å²) >= 11 is 0. The minimum atomic E-state index is -5.13. The van der Waals surface area contributed by atoms with Gasteiger partial charge in [-0.1, -0.05) is 91.0 Å². The molecule has 0 bridgehead atoms. The molecule has 1 amide bonds. The Bertz CT molecular complexity index is 1170. The number of carbonyl (C=O) groups is 2. The molecule has 0 aliphatic carbocycles. The summed E-state index contributed by atoms with van der Waals surface area (Å²) in [6.45, 7) is 2.90. The third-order valence-corrected chi connectivity index (χ3v) is 6.22. The fraction of sp³-hybridized carbons (Fsp3) is 0.286. The number of hydrogen-bond donors (Lipinski definition) is 1. The number of halogens is 3. The van der Waals surface area contributed by atoms with E-state index in [1.165, 1.54) is 32.0 Å². The molecular formula is C28H28F3NO5. The van der Waals surface area contributed by atoms with Crippen molar-refractivity contribution < 1.29 is 37.0 Å². The number of ether oxygens (including phenoxy) is 3. The molecule has 9 heteroatoms. The average Bonchev–Trinajstić information content (AvgIpc) is 2.89. The highest BCUT2D eigenvalue weighted by molar-refractivity contribution is 5.83. The molecule has 0 unspecified atom stereocenters. The Morgan fingerprint density at radius 2 is 1.32 bits per heavy atom. The van der Waals surface area contributed by atoms with Crippen LogP contribution >= 0.6 is 0 Å². The molecule has 37 heavy (non-hydrogen) atoms. The van der Waals surface area contributed by atoms with Crippen molar-refractivity contribution in [3.8, 4) is 0 Å². The monoisotopic (exact) mass is 515 g/mol. The van der Waals surface area contributed by atoms with Gasteiger partial charge in [0.25, 0.3) is 5.60 Å². The lowest BCUT2D eigenvalue weighted by molar-refractivity contribution is -0.279. The van der Waals surface area contributed by atoms with Crippen LogP contribution in [-0.2, 0) is 36.8 Å². The van der Waals surface area contributed by atoms with Gasteiger partial charge in [-0.3, -0.25) is 0 Å². The molecule has 0 saturated heterocycles. The van der Waals surface area contributed by atoms with E-state index in [0.29, 0.717) is 5.56 Å². The van der Waals surface area contributed by atoms with Crippen molar-refractivity contribution in [1.82, 2.24) is 5.32 Å². The summed E-state index contributed by atoms with van der Waals surface area (Å²) in [5.74, 6) is -1.66. The Labute approximate surface area is 213 Å². The molecule has 3 aromatic rings. The molecule has 0 spiro atoms. The van der Waals surface area contributed by atoms with Gasteiger partial charge < -0.3 is 19.5 Å². The highest BCUT2D eigenvalue weighted by atomic mass is 19.4. The molecule has 6 nitrogen and oxygen atoms in total. The topological polar surface area (TPSA) is 73.9 Å². The van der Waals surface area contributed by atoms with Crippen LogP contribution in [0.4, 0.5) is 18.0 Å². The zero-order valence-corrected chi connectivity index (χ0v) is 20.6. The first-order valence-corrected chi connectivity index (χ1v) is 11.5. The molecule has 0 fully saturated rings. The predicted octanol–water partition coefficient (Wildman–Crippen LogP) is 5.86. The Balaban J connectivity index is 1.90. The fourth-order valence-electron chi connectivity index (χ4n) is 3.91. The van der Waals surface area contributed by atoms with E-state index < -0.39 is 41.0 Å². The van der Waals surface area contributed by atoms with E-state index in [2.05, 4.69) is 5.32 Å². The molecule has 3 aromatic carbocycles. The van der Waals surface area contributed by atoms with Gasteiger partial charge in [-0.2, -0.15) is 13.2 Å². The average molecular weight is 516 g/mol. The van der Waals surface area contributed by atoms with Crippen molar-refractivity contribution in [3.05, 3.63) is 108 Å². The fourth-order valence-corrected chi connectivity index (χ4v) is 3.91. The molecule has 3 rings (SSSR count). The summed E-state index contributed by atoms with van der Waals surface area (Å²) in [5.41, 5.74) is -4.02. The minimum Gasteiger partial charge on any atom is -0.457 e. The van der Waals surface area contributed by atoms with Crippen LogP contribution in [0.25, 0.3) is 0 Å². The van der Waals surface area contributed by atoms with Gasteiger partial charge in [0.05, 0.1) is 0 Å².